The van der Waals surface area contributed by atoms with Crippen LogP contribution in [0.25, 0.3) is 22.2 Å². The third-order valence-electron chi connectivity index (χ3n) is 8.02. The van der Waals surface area contributed by atoms with E-state index in [1.807, 2.05) is 47.6 Å². The molecule has 2 aliphatic heterocycles. The van der Waals surface area contributed by atoms with E-state index in [0.717, 1.165) is 59.3 Å². The molecule has 2 aliphatic rings. The molecule has 2 atom stereocenters. The molecule has 6 rings (SSSR count). The summed E-state index contributed by atoms with van der Waals surface area (Å²) in [6.07, 6.45) is 5.73. The first-order valence-corrected chi connectivity index (χ1v) is 13.4. The molecule has 0 saturated carbocycles. The number of amides is 1. The van der Waals surface area contributed by atoms with Crippen molar-refractivity contribution in [3.63, 3.8) is 0 Å². The molecule has 4 aromatic rings. The number of piperazine rings is 1. The molecule has 3 N–H and O–H groups in total. The minimum atomic E-state index is -0.287. The van der Waals surface area contributed by atoms with Crippen LogP contribution in [0.1, 0.15) is 38.2 Å². The molecule has 8 heteroatoms. The first kappa shape index (κ1) is 24.4. The van der Waals surface area contributed by atoms with Gasteiger partial charge in [0, 0.05) is 49.5 Å². The third kappa shape index (κ3) is 4.60. The van der Waals surface area contributed by atoms with Crippen LogP contribution in [0.3, 0.4) is 0 Å². The van der Waals surface area contributed by atoms with Crippen LogP contribution in [0.15, 0.2) is 67.0 Å². The standard InChI is InChI=1S/C30H34N6O2/c1-30(2)13-12-25(33-30)26(21-8-10-22(37)11-9-21)29(38)36-16-14-35(15-17-36)27-23(20-6-4-3-5-7-20)18-31-28-24(27)19-32-34-28/h3-11,18-19,25-26,33,37H,12-17H2,1-2H3,(H,31,32,34)/t25-,26-/m0/s1. The number of rotatable bonds is 5. The van der Waals surface area contributed by atoms with Gasteiger partial charge in [0.15, 0.2) is 5.65 Å². The number of phenolic OH excluding ortho intramolecular Hbond substituents is 1. The zero-order valence-electron chi connectivity index (χ0n) is 21.9. The summed E-state index contributed by atoms with van der Waals surface area (Å²) in [6.45, 7) is 7.11. The second kappa shape index (κ2) is 9.76. The van der Waals surface area contributed by atoms with Crippen LogP contribution >= 0.6 is 0 Å². The van der Waals surface area contributed by atoms with Gasteiger partial charge in [-0.25, -0.2) is 4.98 Å². The minimum absolute atomic E-state index is 0.00393. The first-order valence-electron chi connectivity index (χ1n) is 13.4. The normalized spacial score (nSPS) is 20.1. The highest BCUT2D eigenvalue weighted by Gasteiger charge is 2.41. The molecular formula is C30H34N6O2. The van der Waals surface area contributed by atoms with Gasteiger partial charge in [-0.2, -0.15) is 5.10 Å². The van der Waals surface area contributed by atoms with Crippen LogP contribution in [0.2, 0.25) is 0 Å². The summed E-state index contributed by atoms with van der Waals surface area (Å²) in [5.74, 6) is 0.0766. The van der Waals surface area contributed by atoms with Gasteiger partial charge >= 0.3 is 0 Å². The van der Waals surface area contributed by atoms with E-state index in [9.17, 15) is 9.90 Å². The van der Waals surface area contributed by atoms with Gasteiger partial charge in [-0.15, -0.1) is 0 Å². The lowest BCUT2D eigenvalue weighted by molar-refractivity contribution is -0.133. The van der Waals surface area contributed by atoms with Gasteiger partial charge in [-0.3, -0.25) is 9.89 Å². The van der Waals surface area contributed by atoms with E-state index in [4.69, 9.17) is 0 Å². The summed E-state index contributed by atoms with van der Waals surface area (Å²) in [5, 5.41) is 21.8. The molecule has 2 saturated heterocycles. The lowest BCUT2D eigenvalue weighted by atomic mass is 9.88. The fourth-order valence-electron chi connectivity index (χ4n) is 6.04. The maximum Gasteiger partial charge on any atom is 0.231 e. The number of aromatic amines is 1. The first-order chi connectivity index (χ1) is 18.4. The lowest BCUT2D eigenvalue weighted by Crippen LogP contribution is -2.53. The fourth-order valence-corrected chi connectivity index (χ4v) is 6.04. The number of benzene rings is 2. The Morgan fingerprint density at radius 2 is 1.76 bits per heavy atom. The van der Waals surface area contributed by atoms with Gasteiger partial charge in [-0.1, -0.05) is 42.5 Å². The number of fused-ring (bicyclic) bond motifs is 1. The number of phenols is 1. The van der Waals surface area contributed by atoms with Crippen molar-refractivity contribution in [2.75, 3.05) is 31.1 Å². The van der Waals surface area contributed by atoms with Crippen LogP contribution in [0, 0.1) is 0 Å². The highest BCUT2D eigenvalue weighted by Crippen LogP contribution is 2.37. The van der Waals surface area contributed by atoms with Gasteiger partial charge in [0.2, 0.25) is 5.91 Å². The van der Waals surface area contributed by atoms with Crippen LogP contribution in [0.4, 0.5) is 5.69 Å². The van der Waals surface area contributed by atoms with Crippen molar-refractivity contribution in [1.29, 1.82) is 0 Å². The number of aromatic hydroxyl groups is 1. The van der Waals surface area contributed by atoms with Crippen molar-refractivity contribution in [1.82, 2.24) is 25.4 Å². The second-order valence-corrected chi connectivity index (χ2v) is 11.1. The van der Waals surface area contributed by atoms with Crippen molar-refractivity contribution >= 4 is 22.6 Å². The monoisotopic (exact) mass is 510 g/mol. The average Bonchev–Trinajstić information content (AvgIpc) is 3.56. The summed E-state index contributed by atoms with van der Waals surface area (Å²) in [6, 6.07) is 17.5. The van der Waals surface area contributed by atoms with Crippen LogP contribution in [-0.4, -0.2) is 68.9 Å². The van der Waals surface area contributed by atoms with E-state index in [0.29, 0.717) is 13.1 Å². The maximum atomic E-state index is 14.1. The molecule has 4 heterocycles. The van der Waals surface area contributed by atoms with Gasteiger partial charge < -0.3 is 20.2 Å². The molecule has 8 nitrogen and oxygen atoms in total. The maximum absolute atomic E-state index is 14.1. The quantitative estimate of drug-likeness (QED) is 0.371. The van der Waals surface area contributed by atoms with Crippen LogP contribution < -0.4 is 10.2 Å². The van der Waals surface area contributed by atoms with E-state index in [1.165, 1.54) is 0 Å². The molecule has 0 unspecified atom stereocenters. The molecule has 38 heavy (non-hydrogen) atoms. The van der Waals surface area contributed by atoms with Crippen molar-refractivity contribution in [3.05, 3.63) is 72.6 Å². The van der Waals surface area contributed by atoms with Crippen molar-refractivity contribution < 1.29 is 9.90 Å². The topological polar surface area (TPSA) is 97.4 Å². The summed E-state index contributed by atoms with van der Waals surface area (Å²) >= 11 is 0. The van der Waals surface area contributed by atoms with E-state index < -0.39 is 0 Å². The number of nitrogens with zero attached hydrogens (tertiary/aromatic N) is 4. The summed E-state index contributed by atoms with van der Waals surface area (Å²) in [5.41, 5.74) is 5.00. The lowest BCUT2D eigenvalue weighted by Gasteiger charge is -2.39. The number of anilines is 1. The van der Waals surface area contributed by atoms with Gasteiger partial charge in [0.1, 0.15) is 5.75 Å². The molecule has 196 valence electrons. The summed E-state index contributed by atoms with van der Waals surface area (Å²) in [4.78, 5) is 23.0. The van der Waals surface area contributed by atoms with E-state index in [2.05, 4.69) is 51.4 Å². The smallest absolute Gasteiger partial charge is 0.231 e. The number of H-pyrrole nitrogens is 1. The molecule has 1 amide bonds. The van der Waals surface area contributed by atoms with Crippen molar-refractivity contribution in [2.45, 2.75) is 44.2 Å². The average molecular weight is 511 g/mol. The molecule has 2 aromatic carbocycles. The highest BCUT2D eigenvalue weighted by atomic mass is 16.3. The largest absolute Gasteiger partial charge is 0.508 e. The molecule has 2 aromatic heterocycles. The van der Waals surface area contributed by atoms with Gasteiger partial charge in [-0.05, 0) is 49.9 Å². The fraction of sp³-hybridized carbons (Fsp3) is 0.367. The molecule has 0 spiro atoms. The third-order valence-corrected chi connectivity index (χ3v) is 8.02. The molecule has 0 aliphatic carbocycles. The zero-order chi connectivity index (χ0) is 26.3. The van der Waals surface area contributed by atoms with E-state index in [1.54, 1.807) is 12.1 Å². The number of nitrogens with one attached hydrogen (secondary N) is 2. The Bertz CT molecular complexity index is 1420. The SMILES string of the molecule is CC1(C)CC[C@@H]([C@@H](C(=O)N2CCN(c3c(-c4ccccc4)cnc4[nH]ncc34)CC2)c2ccc(O)cc2)N1. The molecule has 2 fully saturated rings. The number of hydrogen-bond acceptors (Lipinski definition) is 6. The summed E-state index contributed by atoms with van der Waals surface area (Å²) in [7, 11) is 0. The molecule has 0 bridgehead atoms. The van der Waals surface area contributed by atoms with E-state index in [-0.39, 0.29) is 29.2 Å². The van der Waals surface area contributed by atoms with E-state index >= 15 is 0 Å². The Morgan fingerprint density at radius 1 is 1.03 bits per heavy atom. The Balaban J connectivity index is 1.26. The predicted molar refractivity (Wildman–Crippen MR) is 149 cm³/mol. The Hall–Kier alpha value is -3.91. The van der Waals surface area contributed by atoms with Gasteiger partial charge in [0.05, 0.1) is 23.2 Å². The predicted octanol–water partition coefficient (Wildman–Crippen LogP) is 4.29. The highest BCUT2D eigenvalue weighted by molar-refractivity contribution is 5.98. The number of carbonyl (C=O) groups excluding carboxylic acids is 1. The van der Waals surface area contributed by atoms with Gasteiger partial charge in [0.25, 0.3) is 0 Å². The Morgan fingerprint density at radius 3 is 2.45 bits per heavy atom. The minimum Gasteiger partial charge on any atom is -0.508 e. The van der Waals surface area contributed by atoms with Crippen molar-refractivity contribution in [2.24, 2.45) is 0 Å². The molecule has 0 radical (unpaired) electrons. The number of carbonyl (C=O) groups is 1. The van der Waals surface area contributed by atoms with Crippen LogP contribution in [-0.2, 0) is 4.79 Å². The number of pyridine rings is 1. The molecular weight excluding hydrogens is 476 g/mol. The zero-order valence-corrected chi connectivity index (χ0v) is 21.9. The summed E-state index contributed by atoms with van der Waals surface area (Å²) < 4.78 is 0. The van der Waals surface area contributed by atoms with Crippen molar-refractivity contribution in [3.8, 4) is 16.9 Å². The Labute approximate surface area is 222 Å². The number of aromatic nitrogens is 3. The van der Waals surface area contributed by atoms with Crippen LogP contribution in [0.5, 0.6) is 5.75 Å². The number of hydrogen-bond donors (Lipinski definition) is 3. The Kier molecular flexibility index (Phi) is 6.27. The second-order valence-electron chi connectivity index (χ2n) is 11.1.